The first-order chi connectivity index (χ1) is 10.9. The summed E-state index contributed by atoms with van der Waals surface area (Å²) < 4.78 is 6.49. The highest BCUT2D eigenvalue weighted by Gasteiger charge is 2.69. The molecule has 0 aliphatic heterocycles. The highest BCUT2D eigenvalue weighted by Crippen LogP contribution is 2.74. The summed E-state index contributed by atoms with van der Waals surface area (Å²) >= 11 is 0. The van der Waals surface area contributed by atoms with E-state index >= 15 is 0 Å². The molecule has 0 N–H and O–H groups in total. The molecule has 4 rings (SSSR count). The Morgan fingerprint density at radius 3 is 2.57 bits per heavy atom. The molecule has 0 heterocycles. The predicted octanol–water partition coefficient (Wildman–Crippen LogP) is 5.93. The zero-order chi connectivity index (χ0) is 16.2. The molecule has 23 heavy (non-hydrogen) atoms. The van der Waals surface area contributed by atoms with E-state index in [1.807, 2.05) is 0 Å². The summed E-state index contributed by atoms with van der Waals surface area (Å²) in [6.45, 7) is 10.0. The van der Waals surface area contributed by atoms with Gasteiger partial charge in [0.15, 0.2) is 0 Å². The topological polar surface area (TPSA) is 9.23 Å². The molecule has 126 valence electrons. The number of benzene rings is 1. The Morgan fingerprint density at radius 2 is 1.87 bits per heavy atom. The molecule has 1 aromatic carbocycles. The monoisotopic (exact) mass is 312 g/mol. The van der Waals surface area contributed by atoms with Crippen molar-refractivity contribution in [2.75, 3.05) is 0 Å². The van der Waals surface area contributed by atoms with Crippen LogP contribution in [0.5, 0.6) is 0 Å². The lowest BCUT2D eigenvalue weighted by atomic mass is 9.77. The molecule has 0 bridgehead atoms. The van der Waals surface area contributed by atoms with Crippen LogP contribution in [-0.2, 0) is 11.3 Å². The summed E-state index contributed by atoms with van der Waals surface area (Å²) in [5, 5.41) is 0. The van der Waals surface area contributed by atoms with Crippen LogP contribution >= 0.6 is 0 Å². The average Bonchev–Trinajstić information content (AvgIpc) is 3.44. The molecule has 3 aliphatic carbocycles. The molecule has 0 saturated heterocycles. The van der Waals surface area contributed by atoms with Gasteiger partial charge in [-0.1, -0.05) is 38.1 Å². The molecule has 5 unspecified atom stereocenters. The maximum absolute atomic E-state index is 6.49. The molecule has 1 aromatic rings. The van der Waals surface area contributed by atoms with E-state index in [4.69, 9.17) is 4.74 Å². The standard InChI is InChI=1S/C22H32O/c1-5-15(2)17-8-6-16(7-9-17)14-23-21(3,4)22-12-19-10-18(19)11-20(22)13-22/h6-9,15,18-20H,5,10-14H2,1-4H3. The molecule has 3 aliphatic rings. The van der Waals surface area contributed by atoms with E-state index in [0.29, 0.717) is 11.3 Å². The van der Waals surface area contributed by atoms with Gasteiger partial charge in [-0.05, 0) is 80.8 Å². The highest BCUT2D eigenvalue weighted by atomic mass is 16.5. The second-order valence-electron chi connectivity index (χ2n) is 9.10. The van der Waals surface area contributed by atoms with Gasteiger partial charge in [0.05, 0.1) is 12.2 Å². The first-order valence-electron chi connectivity index (χ1n) is 9.68. The number of fused-ring (bicyclic) bond motifs is 2. The van der Waals surface area contributed by atoms with Gasteiger partial charge in [0.25, 0.3) is 0 Å². The van der Waals surface area contributed by atoms with Crippen molar-refractivity contribution in [2.24, 2.45) is 23.2 Å². The van der Waals surface area contributed by atoms with E-state index in [0.717, 1.165) is 24.4 Å². The van der Waals surface area contributed by atoms with Gasteiger partial charge in [0, 0.05) is 5.41 Å². The van der Waals surface area contributed by atoms with Crippen LogP contribution in [0.25, 0.3) is 0 Å². The summed E-state index contributed by atoms with van der Waals surface area (Å²) in [4.78, 5) is 0. The third-order valence-corrected chi connectivity index (χ3v) is 7.47. The van der Waals surface area contributed by atoms with E-state index in [1.54, 1.807) is 0 Å². The summed E-state index contributed by atoms with van der Waals surface area (Å²) in [7, 11) is 0. The van der Waals surface area contributed by atoms with Gasteiger partial charge in [-0.3, -0.25) is 0 Å². The minimum absolute atomic E-state index is 0.0284. The second kappa shape index (κ2) is 5.34. The molecule has 3 saturated carbocycles. The van der Waals surface area contributed by atoms with Crippen LogP contribution in [0.2, 0.25) is 0 Å². The molecular formula is C22H32O. The predicted molar refractivity (Wildman–Crippen MR) is 95.4 cm³/mol. The van der Waals surface area contributed by atoms with Crippen LogP contribution in [0.3, 0.4) is 0 Å². The Kier molecular flexibility index (Phi) is 3.65. The minimum Gasteiger partial charge on any atom is -0.370 e. The molecule has 0 aromatic heterocycles. The van der Waals surface area contributed by atoms with Crippen molar-refractivity contribution >= 4 is 0 Å². The van der Waals surface area contributed by atoms with Crippen molar-refractivity contribution in [3.05, 3.63) is 35.4 Å². The summed E-state index contributed by atoms with van der Waals surface area (Å²) in [6, 6.07) is 9.09. The number of ether oxygens (including phenoxy) is 1. The molecule has 1 heteroatoms. The maximum Gasteiger partial charge on any atom is 0.0724 e. The van der Waals surface area contributed by atoms with E-state index in [1.165, 1.54) is 43.2 Å². The largest absolute Gasteiger partial charge is 0.370 e. The van der Waals surface area contributed by atoms with Crippen molar-refractivity contribution in [2.45, 2.75) is 77.9 Å². The second-order valence-corrected chi connectivity index (χ2v) is 9.10. The molecule has 0 radical (unpaired) electrons. The lowest BCUT2D eigenvalue weighted by molar-refractivity contribution is -0.0952. The van der Waals surface area contributed by atoms with E-state index in [9.17, 15) is 0 Å². The minimum atomic E-state index is 0.0284. The smallest absolute Gasteiger partial charge is 0.0724 e. The maximum atomic E-state index is 6.49. The van der Waals surface area contributed by atoms with Crippen molar-refractivity contribution in [3.8, 4) is 0 Å². The molecule has 3 fully saturated rings. The van der Waals surface area contributed by atoms with Gasteiger partial charge in [-0.2, -0.15) is 0 Å². The van der Waals surface area contributed by atoms with Gasteiger partial charge in [0.1, 0.15) is 0 Å². The number of rotatable bonds is 6. The lowest BCUT2D eigenvalue weighted by Gasteiger charge is -2.38. The Balaban J connectivity index is 1.38. The number of hydrogen-bond donors (Lipinski definition) is 0. The first-order valence-corrected chi connectivity index (χ1v) is 9.68. The highest BCUT2D eigenvalue weighted by molar-refractivity contribution is 5.25. The Labute approximate surface area is 141 Å². The third kappa shape index (κ3) is 2.65. The zero-order valence-electron chi connectivity index (χ0n) is 15.3. The average molecular weight is 312 g/mol. The molecule has 5 atom stereocenters. The van der Waals surface area contributed by atoms with Crippen molar-refractivity contribution in [3.63, 3.8) is 0 Å². The molecule has 1 nitrogen and oxygen atoms in total. The summed E-state index contributed by atoms with van der Waals surface area (Å²) in [5.74, 6) is 3.72. The van der Waals surface area contributed by atoms with Gasteiger partial charge in [-0.15, -0.1) is 0 Å². The van der Waals surface area contributed by atoms with E-state index < -0.39 is 0 Å². The zero-order valence-corrected chi connectivity index (χ0v) is 15.3. The summed E-state index contributed by atoms with van der Waals surface area (Å²) in [6.07, 6.45) is 7.05. The Hall–Kier alpha value is -0.820. The fraction of sp³-hybridized carbons (Fsp3) is 0.727. The first kappa shape index (κ1) is 15.7. The van der Waals surface area contributed by atoms with Gasteiger partial charge in [0.2, 0.25) is 0 Å². The molecule has 0 amide bonds. The van der Waals surface area contributed by atoms with Gasteiger partial charge >= 0.3 is 0 Å². The quantitative estimate of drug-likeness (QED) is 0.632. The van der Waals surface area contributed by atoms with E-state index in [-0.39, 0.29) is 5.60 Å². The SMILES string of the molecule is CCC(C)c1ccc(COC(C)(C)C23CC4CC4CC2C3)cc1. The van der Waals surface area contributed by atoms with Gasteiger partial charge in [-0.25, -0.2) is 0 Å². The van der Waals surface area contributed by atoms with Gasteiger partial charge < -0.3 is 4.74 Å². The van der Waals surface area contributed by atoms with Crippen molar-refractivity contribution in [1.82, 2.24) is 0 Å². The normalized spacial score (nSPS) is 36.1. The van der Waals surface area contributed by atoms with Crippen LogP contribution in [0.15, 0.2) is 24.3 Å². The lowest BCUT2D eigenvalue weighted by Crippen LogP contribution is -2.39. The fourth-order valence-electron chi connectivity index (χ4n) is 5.19. The Morgan fingerprint density at radius 1 is 1.13 bits per heavy atom. The van der Waals surface area contributed by atoms with Crippen molar-refractivity contribution < 1.29 is 4.74 Å². The van der Waals surface area contributed by atoms with Crippen LogP contribution in [-0.4, -0.2) is 5.60 Å². The summed E-state index contributed by atoms with van der Waals surface area (Å²) in [5.41, 5.74) is 3.30. The Bertz CT molecular complexity index is 572. The number of hydrogen-bond acceptors (Lipinski definition) is 1. The molecular weight excluding hydrogens is 280 g/mol. The third-order valence-electron chi connectivity index (χ3n) is 7.47. The van der Waals surface area contributed by atoms with Crippen LogP contribution < -0.4 is 0 Å². The van der Waals surface area contributed by atoms with Crippen molar-refractivity contribution in [1.29, 1.82) is 0 Å². The van der Waals surface area contributed by atoms with Crippen LogP contribution in [0.4, 0.5) is 0 Å². The molecule has 0 spiro atoms. The van der Waals surface area contributed by atoms with Crippen LogP contribution in [0.1, 0.15) is 76.8 Å². The fourth-order valence-corrected chi connectivity index (χ4v) is 5.19. The van der Waals surface area contributed by atoms with Crippen LogP contribution in [0, 0.1) is 23.2 Å². The van der Waals surface area contributed by atoms with E-state index in [2.05, 4.69) is 52.0 Å².